The van der Waals surface area contributed by atoms with Gasteiger partial charge in [-0.1, -0.05) is 0 Å². The Morgan fingerprint density at radius 2 is 2.21 bits per heavy atom. The Labute approximate surface area is 115 Å². The lowest BCUT2D eigenvalue weighted by molar-refractivity contribution is 0.00475. The van der Waals surface area contributed by atoms with Gasteiger partial charge < -0.3 is 9.84 Å². The molecule has 1 atom stereocenters. The fourth-order valence-corrected chi connectivity index (χ4v) is 2.92. The molecule has 2 heterocycles. The van der Waals surface area contributed by atoms with E-state index >= 15 is 0 Å². The largest absolute Gasteiger partial charge is 0.396 e. The fraction of sp³-hybridized carbons (Fsp3) is 0.667. The van der Waals surface area contributed by atoms with Gasteiger partial charge in [0.25, 0.3) is 0 Å². The topological polar surface area (TPSA) is 45.6 Å². The number of ether oxygens (including phenoxy) is 1. The molecule has 0 aromatic carbocycles. The molecule has 106 valence electrons. The molecule has 4 heteroatoms. The molecule has 0 aliphatic carbocycles. The Balaban J connectivity index is 1.95. The van der Waals surface area contributed by atoms with Crippen LogP contribution in [0.5, 0.6) is 0 Å². The first-order valence-electron chi connectivity index (χ1n) is 6.99. The van der Waals surface area contributed by atoms with Gasteiger partial charge in [0.1, 0.15) is 0 Å². The van der Waals surface area contributed by atoms with Crippen LogP contribution in [-0.2, 0) is 11.3 Å². The van der Waals surface area contributed by atoms with Crippen molar-refractivity contribution in [2.75, 3.05) is 33.4 Å². The summed E-state index contributed by atoms with van der Waals surface area (Å²) in [4.78, 5) is 6.48. The van der Waals surface area contributed by atoms with Gasteiger partial charge in [0, 0.05) is 44.6 Å². The molecule has 0 saturated carbocycles. The monoisotopic (exact) mass is 264 g/mol. The summed E-state index contributed by atoms with van der Waals surface area (Å²) in [5, 5.41) is 9.76. The maximum atomic E-state index is 9.76. The standard InChI is InChI=1S/C15H24N2O2/c1-19-10-6-15(13-18)5-2-9-17(12-15)11-14-3-7-16-8-4-14/h3-4,7-8,18H,2,5-6,9-13H2,1H3/t15-/m0/s1. The number of aromatic nitrogens is 1. The summed E-state index contributed by atoms with van der Waals surface area (Å²) in [6.45, 7) is 3.98. The first-order valence-corrected chi connectivity index (χ1v) is 6.99. The zero-order valence-electron chi connectivity index (χ0n) is 11.7. The molecular weight excluding hydrogens is 240 g/mol. The quantitative estimate of drug-likeness (QED) is 0.849. The van der Waals surface area contributed by atoms with E-state index in [4.69, 9.17) is 4.74 Å². The molecule has 4 nitrogen and oxygen atoms in total. The zero-order chi connectivity index (χ0) is 13.6. The second kappa shape index (κ2) is 6.98. The summed E-state index contributed by atoms with van der Waals surface area (Å²) in [5.41, 5.74) is 1.30. The van der Waals surface area contributed by atoms with E-state index in [1.54, 1.807) is 7.11 Å². The average molecular weight is 264 g/mol. The molecule has 0 radical (unpaired) electrons. The van der Waals surface area contributed by atoms with Crippen LogP contribution in [0.4, 0.5) is 0 Å². The number of methoxy groups -OCH3 is 1. The van der Waals surface area contributed by atoms with Gasteiger partial charge in [-0.2, -0.15) is 0 Å². The summed E-state index contributed by atoms with van der Waals surface area (Å²) >= 11 is 0. The van der Waals surface area contributed by atoms with Gasteiger partial charge >= 0.3 is 0 Å². The maximum absolute atomic E-state index is 9.76. The number of aliphatic hydroxyl groups excluding tert-OH is 1. The summed E-state index contributed by atoms with van der Waals surface area (Å²) in [6, 6.07) is 4.12. The number of pyridine rings is 1. The van der Waals surface area contributed by atoms with Crippen LogP contribution < -0.4 is 0 Å². The van der Waals surface area contributed by atoms with Crippen LogP contribution in [0, 0.1) is 5.41 Å². The molecule has 0 bridgehead atoms. The van der Waals surface area contributed by atoms with Crippen molar-refractivity contribution in [3.05, 3.63) is 30.1 Å². The Bertz CT molecular complexity index is 372. The minimum atomic E-state index is 0.0152. The molecule has 0 amide bonds. The lowest BCUT2D eigenvalue weighted by Gasteiger charge is -2.42. The smallest absolute Gasteiger partial charge is 0.0500 e. The van der Waals surface area contributed by atoms with Crippen LogP contribution in [0.25, 0.3) is 0 Å². The highest BCUT2D eigenvalue weighted by molar-refractivity contribution is 5.09. The first-order chi connectivity index (χ1) is 9.28. The molecule has 1 aromatic rings. The van der Waals surface area contributed by atoms with E-state index in [9.17, 15) is 5.11 Å². The molecule has 2 rings (SSSR count). The summed E-state index contributed by atoms with van der Waals surface area (Å²) in [7, 11) is 1.72. The van der Waals surface area contributed by atoms with Crippen molar-refractivity contribution in [2.45, 2.75) is 25.8 Å². The van der Waals surface area contributed by atoms with Gasteiger partial charge in [-0.15, -0.1) is 0 Å². The number of aliphatic hydroxyl groups is 1. The van der Waals surface area contributed by atoms with Crippen molar-refractivity contribution in [3.63, 3.8) is 0 Å². The Morgan fingerprint density at radius 3 is 2.89 bits per heavy atom. The van der Waals surface area contributed by atoms with E-state index in [1.165, 1.54) is 5.56 Å². The predicted octanol–water partition coefficient (Wildman–Crippen LogP) is 1.69. The van der Waals surface area contributed by atoms with Crippen LogP contribution in [0.1, 0.15) is 24.8 Å². The SMILES string of the molecule is COCC[C@@]1(CO)CCCN(Cc2ccncc2)C1. The van der Waals surface area contributed by atoms with E-state index in [2.05, 4.69) is 22.0 Å². The Kier molecular flexibility index (Phi) is 5.31. The van der Waals surface area contributed by atoms with Crippen molar-refractivity contribution in [3.8, 4) is 0 Å². The molecule has 1 N–H and O–H groups in total. The maximum Gasteiger partial charge on any atom is 0.0500 e. The minimum absolute atomic E-state index is 0.0152. The van der Waals surface area contributed by atoms with E-state index in [0.717, 1.165) is 45.5 Å². The molecule has 1 aliphatic rings. The average Bonchev–Trinajstić information content (AvgIpc) is 2.46. The van der Waals surface area contributed by atoms with E-state index in [1.807, 2.05) is 12.4 Å². The minimum Gasteiger partial charge on any atom is -0.396 e. The summed E-state index contributed by atoms with van der Waals surface area (Å²) in [5.74, 6) is 0. The van der Waals surface area contributed by atoms with E-state index in [0.29, 0.717) is 0 Å². The number of hydrogen-bond acceptors (Lipinski definition) is 4. The van der Waals surface area contributed by atoms with Crippen LogP contribution >= 0.6 is 0 Å². The van der Waals surface area contributed by atoms with Crippen LogP contribution in [0.2, 0.25) is 0 Å². The van der Waals surface area contributed by atoms with Gasteiger partial charge in [0.05, 0.1) is 6.61 Å². The first kappa shape index (κ1) is 14.4. The third kappa shape index (κ3) is 4.00. The van der Waals surface area contributed by atoms with Crippen LogP contribution in [0.15, 0.2) is 24.5 Å². The molecule has 1 fully saturated rings. The van der Waals surface area contributed by atoms with Crippen molar-refractivity contribution in [1.29, 1.82) is 0 Å². The predicted molar refractivity (Wildman–Crippen MR) is 74.8 cm³/mol. The second-order valence-electron chi connectivity index (χ2n) is 5.57. The fourth-order valence-electron chi connectivity index (χ4n) is 2.92. The summed E-state index contributed by atoms with van der Waals surface area (Å²) in [6.07, 6.45) is 6.86. The molecule has 0 unspecified atom stereocenters. The lowest BCUT2D eigenvalue weighted by Crippen LogP contribution is -2.45. The van der Waals surface area contributed by atoms with Gasteiger partial charge in [0.2, 0.25) is 0 Å². The number of rotatable bonds is 6. The molecule has 1 saturated heterocycles. The highest BCUT2D eigenvalue weighted by atomic mass is 16.5. The Hall–Kier alpha value is -0.970. The van der Waals surface area contributed by atoms with Gasteiger partial charge in [-0.3, -0.25) is 9.88 Å². The number of piperidine rings is 1. The zero-order valence-corrected chi connectivity index (χ0v) is 11.7. The Morgan fingerprint density at radius 1 is 1.42 bits per heavy atom. The van der Waals surface area contributed by atoms with E-state index in [-0.39, 0.29) is 12.0 Å². The molecule has 0 spiro atoms. The van der Waals surface area contributed by atoms with Crippen molar-refractivity contribution in [1.82, 2.24) is 9.88 Å². The summed E-state index contributed by atoms with van der Waals surface area (Å²) < 4.78 is 5.19. The molecular formula is C15H24N2O2. The third-order valence-corrected chi connectivity index (χ3v) is 4.07. The van der Waals surface area contributed by atoms with Gasteiger partial charge in [-0.25, -0.2) is 0 Å². The van der Waals surface area contributed by atoms with E-state index < -0.39 is 0 Å². The number of likely N-dealkylation sites (tertiary alicyclic amines) is 1. The molecule has 1 aliphatic heterocycles. The van der Waals surface area contributed by atoms with Crippen molar-refractivity contribution in [2.24, 2.45) is 5.41 Å². The van der Waals surface area contributed by atoms with Crippen LogP contribution in [-0.4, -0.2) is 48.4 Å². The van der Waals surface area contributed by atoms with Crippen molar-refractivity contribution < 1.29 is 9.84 Å². The highest BCUT2D eigenvalue weighted by Crippen LogP contribution is 2.33. The van der Waals surface area contributed by atoms with Gasteiger partial charge in [0.15, 0.2) is 0 Å². The molecule has 19 heavy (non-hydrogen) atoms. The third-order valence-electron chi connectivity index (χ3n) is 4.07. The second-order valence-corrected chi connectivity index (χ2v) is 5.57. The van der Waals surface area contributed by atoms with Crippen LogP contribution in [0.3, 0.4) is 0 Å². The normalized spacial score (nSPS) is 24.5. The highest BCUT2D eigenvalue weighted by Gasteiger charge is 2.34. The lowest BCUT2D eigenvalue weighted by atomic mass is 9.78. The number of nitrogens with zero attached hydrogens (tertiary/aromatic N) is 2. The number of hydrogen-bond donors (Lipinski definition) is 1. The van der Waals surface area contributed by atoms with Crippen molar-refractivity contribution >= 4 is 0 Å². The molecule has 1 aromatic heterocycles. The van der Waals surface area contributed by atoms with Gasteiger partial charge in [-0.05, 0) is 43.5 Å².